The highest BCUT2D eigenvalue weighted by molar-refractivity contribution is 7.90. The highest BCUT2D eigenvalue weighted by Gasteiger charge is 2.34. The highest BCUT2D eigenvalue weighted by Crippen LogP contribution is 2.28. The van der Waals surface area contributed by atoms with Crippen molar-refractivity contribution < 1.29 is 17.9 Å². The quantitative estimate of drug-likeness (QED) is 0.125. The van der Waals surface area contributed by atoms with Gasteiger partial charge >= 0.3 is 0 Å². The van der Waals surface area contributed by atoms with Crippen LogP contribution < -0.4 is 15.4 Å². The summed E-state index contributed by atoms with van der Waals surface area (Å²) < 4.78 is 28.8. The molecule has 9 heteroatoms. The molecule has 58 heavy (non-hydrogen) atoms. The summed E-state index contributed by atoms with van der Waals surface area (Å²) in [4.78, 5) is 12.6. The lowest BCUT2D eigenvalue weighted by atomic mass is 10.1. The fourth-order valence-electron chi connectivity index (χ4n) is 4.08. The van der Waals surface area contributed by atoms with Gasteiger partial charge in [0.25, 0.3) is 0 Å². The van der Waals surface area contributed by atoms with Crippen LogP contribution in [0.4, 0.5) is 0 Å². The number of amides is 1. The average Bonchev–Trinajstić information content (AvgIpc) is 4.20. The third kappa shape index (κ3) is 38.9. The van der Waals surface area contributed by atoms with E-state index in [0.29, 0.717) is 25.0 Å². The maximum absolute atomic E-state index is 10.8. The molecule has 0 aromatic heterocycles. The molecule has 3 N–H and O–H groups in total. The van der Waals surface area contributed by atoms with Gasteiger partial charge in [0.15, 0.2) is 0 Å². The largest absolute Gasteiger partial charge is 0.384 e. The van der Waals surface area contributed by atoms with Crippen LogP contribution in [0.1, 0.15) is 135 Å². The van der Waals surface area contributed by atoms with Gasteiger partial charge in [-0.05, 0) is 76.0 Å². The number of nitrogens with one attached hydrogen (secondary N) is 3. The third-order valence-electron chi connectivity index (χ3n) is 6.90. The molecule has 1 saturated heterocycles. The second-order valence-electron chi connectivity index (χ2n) is 13.3. The number of likely N-dealkylation sites (tertiary alicyclic amines) is 1. The summed E-state index contributed by atoms with van der Waals surface area (Å²) in [5.74, 6) is 0.833. The first-order valence-electron chi connectivity index (χ1n) is 21.2. The van der Waals surface area contributed by atoms with E-state index in [2.05, 4.69) is 135 Å². The molecular weight excluding hydrogens is 741 g/mol. The van der Waals surface area contributed by atoms with E-state index in [1.54, 1.807) is 7.11 Å². The Bertz CT molecular complexity index is 1310. The van der Waals surface area contributed by atoms with E-state index in [0.717, 1.165) is 49.5 Å². The Kier molecular flexibility index (Phi) is 50.1. The molecule has 336 valence electrons. The summed E-state index contributed by atoms with van der Waals surface area (Å²) in [5, 5.41) is 8.61. The lowest BCUT2D eigenvalue weighted by Crippen LogP contribution is -2.38. The van der Waals surface area contributed by atoms with Crippen LogP contribution in [0.15, 0.2) is 99.0 Å². The van der Waals surface area contributed by atoms with Gasteiger partial charge in [-0.1, -0.05) is 144 Å². The van der Waals surface area contributed by atoms with Crippen molar-refractivity contribution in [3.05, 3.63) is 99.0 Å². The molecule has 0 bridgehead atoms. The van der Waals surface area contributed by atoms with Gasteiger partial charge in [0.1, 0.15) is 0 Å². The molecule has 2 aliphatic carbocycles. The first kappa shape index (κ1) is 65.8. The van der Waals surface area contributed by atoms with E-state index in [4.69, 9.17) is 4.74 Å². The lowest BCUT2D eigenvalue weighted by Gasteiger charge is -2.30. The van der Waals surface area contributed by atoms with Crippen molar-refractivity contribution in [2.45, 2.75) is 158 Å². The Morgan fingerprint density at radius 3 is 1.52 bits per heavy atom. The van der Waals surface area contributed by atoms with Crippen LogP contribution in [-0.2, 0) is 19.6 Å². The van der Waals surface area contributed by atoms with Crippen LogP contribution in [0, 0.1) is 18.8 Å². The van der Waals surface area contributed by atoms with Crippen molar-refractivity contribution in [1.29, 1.82) is 0 Å². The maximum atomic E-state index is 10.8. The number of methoxy groups -OCH3 is 1. The minimum atomic E-state index is -3.01. The molecule has 2 aromatic carbocycles. The predicted octanol–water partition coefficient (Wildman–Crippen LogP) is 12.3. The Morgan fingerprint density at radius 2 is 1.22 bits per heavy atom. The van der Waals surface area contributed by atoms with Gasteiger partial charge in [-0.3, -0.25) is 9.52 Å². The van der Waals surface area contributed by atoms with Gasteiger partial charge in [-0.2, -0.15) is 0 Å². The SMILES string of the molecule is C#C.C=C.C=C(NC1CC1)[C@@H]1CCCN1C(=C)CNC=O.C=CNS(=O)(=O)C1CC1.CC.CC.CC.CC.CC(C)C.COC(C)(C)C.c1ccc2ccccc2c1. The summed E-state index contributed by atoms with van der Waals surface area (Å²) in [5.41, 5.74) is 2.12. The standard InChI is InChI=1S/C13H21N3O.C10H8.C5H9NO2S.C5H12O.C4H10.4C2H6.C2H4.C2H2/c1-10(8-14-9-17)16-7-3-4-13(16)11(2)15-12-5-6-12;1-2-6-10-8-4-3-7-9(10)5-1;1-2-6-9(7,8)5-3-4-5;1-5(2,3)6-4;1-4(2)3;6*1-2/h9,12-13,15H,1-8H2,(H,14,17);1-8H;2,5-6H,1,3-4H2;1-4H3;4H,1-3H3;4*1-2H3;1-2H2;1-2H/t13-;;;;;;;;;;/m0........../s1. The zero-order chi connectivity index (χ0) is 46.8. The first-order chi connectivity index (χ1) is 27.6. The van der Waals surface area contributed by atoms with Crippen LogP contribution in [0.2, 0.25) is 0 Å². The molecule has 1 atom stereocenters. The van der Waals surface area contributed by atoms with Gasteiger partial charge < -0.3 is 20.3 Å². The minimum Gasteiger partial charge on any atom is -0.384 e. The van der Waals surface area contributed by atoms with Crippen LogP contribution in [0.25, 0.3) is 10.8 Å². The van der Waals surface area contributed by atoms with Crippen molar-refractivity contribution in [3.8, 4) is 12.8 Å². The van der Waals surface area contributed by atoms with Gasteiger partial charge in [0, 0.05) is 37.3 Å². The molecule has 3 fully saturated rings. The number of sulfonamides is 1. The van der Waals surface area contributed by atoms with Crippen LogP contribution >= 0.6 is 0 Å². The van der Waals surface area contributed by atoms with Crippen molar-refractivity contribution in [1.82, 2.24) is 20.3 Å². The zero-order valence-electron chi connectivity index (χ0n) is 39.9. The van der Waals surface area contributed by atoms with E-state index in [1.165, 1.54) is 29.8 Å². The van der Waals surface area contributed by atoms with Gasteiger partial charge in [-0.25, -0.2) is 8.42 Å². The van der Waals surface area contributed by atoms with E-state index >= 15 is 0 Å². The predicted molar refractivity (Wildman–Crippen MR) is 261 cm³/mol. The molecule has 5 rings (SSSR count). The molecule has 2 saturated carbocycles. The van der Waals surface area contributed by atoms with E-state index in [1.807, 2.05) is 76.2 Å². The maximum Gasteiger partial charge on any atom is 0.235 e. The first-order valence-corrected chi connectivity index (χ1v) is 22.7. The Labute approximate surface area is 360 Å². The second-order valence-corrected chi connectivity index (χ2v) is 15.3. The van der Waals surface area contributed by atoms with Crippen LogP contribution in [0.3, 0.4) is 0 Å². The molecular formula is C49H90N4O4S. The van der Waals surface area contributed by atoms with Crippen molar-refractivity contribution in [3.63, 3.8) is 0 Å². The van der Waals surface area contributed by atoms with Crippen molar-refractivity contribution in [2.75, 3.05) is 20.2 Å². The van der Waals surface area contributed by atoms with Gasteiger partial charge in [-0.15, -0.1) is 26.0 Å². The number of nitrogens with zero attached hydrogens (tertiary/aromatic N) is 1. The second kappa shape index (κ2) is 44.1. The fraction of sp³-hybridized carbons (Fsp3) is 0.571. The van der Waals surface area contributed by atoms with E-state index in [-0.39, 0.29) is 10.9 Å². The normalized spacial score (nSPS) is 13.9. The molecule has 0 unspecified atom stereocenters. The topological polar surface area (TPSA) is 99.8 Å². The molecule has 2 aromatic rings. The molecule has 1 aliphatic heterocycles. The molecule has 1 heterocycles. The molecule has 1 amide bonds. The number of hydrogen-bond acceptors (Lipinski definition) is 6. The molecule has 0 spiro atoms. The number of carbonyl (C=O) groups excluding carboxylic acids is 1. The van der Waals surface area contributed by atoms with E-state index < -0.39 is 10.0 Å². The number of hydrogen-bond donors (Lipinski definition) is 3. The summed E-state index contributed by atoms with van der Waals surface area (Å²) in [6.07, 6.45) is 16.3. The van der Waals surface area contributed by atoms with Crippen LogP contribution in [0.5, 0.6) is 0 Å². The third-order valence-corrected chi connectivity index (χ3v) is 8.74. The number of fused-ring (bicyclic) bond motifs is 1. The van der Waals surface area contributed by atoms with Gasteiger partial charge in [0.2, 0.25) is 16.4 Å². The fourth-order valence-corrected chi connectivity index (χ4v) is 5.26. The average molecular weight is 831 g/mol. The van der Waals surface area contributed by atoms with E-state index in [9.17, 15) is 13.2 Å². The number of ether oxygens (including phenoxy) is 1. The smallest absolute Gasteiger partial charge is 0.235 e. The van der Waals surface area contributed by atoms with Crippen molar-refractivity contribution >= 4 is 27.2 Å². The lowest BCUT2D eigenvalue weighted by molar-refractivity contribution is -0.109. The Balaban J connectivity index is -0.000000144. The summed E-state index contributed by atoms with van der Waals surface area (Å²) >= 11 is 0. The van der Waals surface area contributed by atoms with Gasteiger partial charge in [0.05, 0.1) is 23.4 Å². The van der Waals surface area contributed by atoms with Crippen LogP contribution in [-0.4, -0.2) is 62.9 Å². The Morgan fingerprint density at radius 1 is 0.845 bits per heavy atom. The number of rotatable bonds is 10. The minimum absolute atomic E-state index is 0.0417. The number of carbonyl (C=O) groups is 1. The highest BCUT2D eigenvalue weighted by atomic mass is 32.2. The number of terminal acetylenes is 1. The Hall–Kier alpha value is -4.00. The van der Waals surface area contributed by atoms with Crippen molar-refractivity contribution in [2.24, 2.45) is 5.92 Å². The summed E-state index contributed by atoms with van der Waals surface area (Å²) in [6.45, 7) is 47.5. The molecule has 3 aliphatic rings. The molecule has 8 nitrogen and oxygen atoms in total. The number of benzene rings is 2. The summed E-state index contributed by atoms with van der Waals surface area (Å²) in [6, 6.07) is 17.7. The summed E-state index contributed by atoms with van der Waals surface area (Å²) in [7, 11) is -1.30. The monoisotopic (exact) mass is 831 g/mol. The zero-order valence-corrected chi connectivity index (χ0v) is 40.7. The molecule has 0 radical (unpaired) electrons.